The third-order valence-corrected chi connectivity index (χ3v) is 5.13. The molecule has 1 fully saturated rings. The fraction of sp³-hybridized carbons (Fsp3) is 0.273. The first-order valence-corrected chi connectivity index (χ1v) is 9.64. The zero-order valence-electron chi connectivity index (χ0n) is 16.3. The first-order chi connectivity index (χ1) is 14.8. The number of hydrogen-bond acceptors (Lipinski definition) is 5. The minimum absolute atomic E-state index is 0.00816. The summed E-state index contributed by atoms with van der Waals surface area (Å²) >= 11 is 0. The largest absolute Gasteiger partial charge is 0.439 e. The monoisotopic (exact) mass is 426 g/mol. The van der Waals surface area contributed by atoms with Crippen LogP contribution in [-0.2, 0) is 6.18 Å². The van der Waals surface area contributed by atoms with Crippen molar-refractivity contribution < 1.29 is 22.7 Å². The molecule has 1 aromatic carbocycles. The number of likely N-dealkylation sites (tertiary alicyclic amines) is 1. The number of fused-ring (bicyclic) bond motifs is 1. The van der Waals surface area contributed by atoms with Crippen LogP contribution in [0.2, 0.25) is 0 Å². The van der Waals surface area contributed by atoms with Crippen molar-refractivity contribution in [3.8, 4) is 17.7 Å². The number of pyridine rings is 2. The second kappa shape index (κ2) is 8.22. The van der Waals surface area contributed by atoms with Crippen LogP contribution in [0.4, 0.5) is 13.2 Å². The summed E-state index contributed by atoms with van der Waals surface area (Å²) in [5.41, 5.74) is 0.0584. The van der Waals surface area contributed by atoms with Crippen LogP contribution < -0.4 is 4.74 Å². The lowest BCUT2D eigenvalue weighted by molar-refractivity contribution is -0.137. The summed E-state index contributed by atoms with van der Waals surface area (Å²) in [6.07, 6.45) is -2.42. The van der Waals surface area contributed by atoms with Gasteiger partial charge in [0.1, 0.15) is 11.4 Å². The van der Waals surface area contributed by atoms with Crippen molar-refractivity contribution in [2.75, 3.05) is 13.1 Å². The molecule has 0 saturated carbocycles. The normalized spacial score (nSPS) is 15.0. The van der Waals surface area contributed by atoms with Gasteiger partial charge in [-0.1, -0.05) is 6.07 Å². The molecule has 6 nitrogen and oxygen atoms in total. The summed E-state index contributed by atoms with van der Waals surface area (Å²) in [6.45, 7) is 1.06. The maximum Gasteiger partial charge on any atom is 0.417 e. The fourth-order valence-electron chi connectivity index (χ4n) is 3.39. The van der Waals surface area contributed by atoms with Gasteiger partial charge in [0.2, 0.25) is 5.88 Å². The number of ether oxygens (including phenoxy) is 1. The second-order valence-corrected chi connectivity index (χ2v) is 7.23. The Kier molecular flexibility index (Phi) is 5.46. The number of rotatable bonds is 3. The number of alkyl halides is 3. The third kappa shape index (κ3) is 4.58. The molecule has 0 spiro atoms. The van der Waals surface area contributed by atoms with Crippen molar-refractivity contribution in [1.29, 1.82) is 5.26 Å². The highest BCUT2D eigenvalue weighted by atomic mass is 19.4. The number of piperidine rings is 1. The van der Waals surface area contributed by atoms with Gasteiger partial charge in [-0.15, -0.1) is 0 Å². The number of halogens is 3. The van der Waals surface area contributed by atoms with E-state index in [0.29, 0.717) is 48.3 Å². The predicted octanol–water partition coefficient (Wildman–Crippen LogP) is 4.82. The first-order valence-electron chi connectivity index (χ1n) is 9.64. The quantitative estimate of drug-likeness (QED) is 0.600. The molecule has 4 rings (SSSR count). The molecule has 1 saturated heterocycles. The Labute approximate surface area is 175 Å². The smallest absolute Gasteiger partial charge is 0.417 e. The van der Waals surface area contributed by atoms with Gasteiger partial charge in [0, 0.05) is 36.7 Å². The summed E-state index contributed by atoms with van der Waals surface area (Å²) < 4.78 is 43.4. The molecule has 31 heavy (non-hydrogen) atoms. The molecule has 1 amide bonds. The van der Waals surface area contributed by atoms with Crippen molar-refractivity contribution in [3.63, 3.8) is 0 Å². The Hall–Kier alpha value is -3.67. The Morgan fingerprint density at radius 2 is 1.90 bits per heavy atom. The van der Waals surface area contributed by atoms with Crippen LogP contribution in [0.15, 0.2) is 48.7 Å². The summed E-state index contributed by atoms with van der Waals surface area (Å²) in [4.78, 5) is 22.5. The Morgan fingerprint density at radius 1 is 1.13 bits per heavy atom. The molecule has 3 heterocycles. The molecule has 3 aromatic rings. The Morgan fingerprint density at radius 3 is 2.55 bits per heavy atom. The van der Waals surface area contributed by atoms with Gasteiger partial charge in [-0.2, -0.15) is 18.4 Å². The molecule has 0 atom stereocenters. The SMILES string of the molecule is N#CC1CCN(C(=O)c2ccc3cc(Oc4ccc(C(F)(F)F)cn4)ccc3n2)CC1. The number of carbonyl (C=O) groups is 1. The van der Waals surface area contributed by atoms with E-state index < -0.39 is 11.7 Å². The van der Waals surface area contributed by atoms with Crippen LogP contribution in [0.25, 0.3) is 10.9 Å². The molecule has 0 unspecified atom stereocenters. The number of nitrogens with zero attached hydrogens (tertiary/aromatic N) is 4. The number of benzene rings is 1. The molecule has 0 radical (unpaired) electrons. The van der Waals surface area contributed by atoms with Gasteiger partial charge in [-0.05, 0) is 43.2 Å². The van der Waals surface area contributed by atoms with Gasteiger partial charge in [-0.25, -0.2) is 9.97 Å². The molecular formula is C22H17F3N4O2. The predicted molar refractivity (Wildman–Crippen MR) is 105 cm³/mol. The number of amides is 1. The van der Waals surface area contributed by atoms with Crippen molar-refractivity contribution in [2.24, 2.45) is 5.92 Å². The topological polar surface area (TPSA) is 79.1 Å². The van der Waals surface area contributed by atoms with E-state index >= 15 is 0 Å². The highest BCUT2D eigenvalue weighted by Gasteiger charge is 2.30. The minimum atomic E-state index is -4.46. The average molecular weight is 426 g/mol. The Bertz CT molecular complexity index is 1150. The van der Waals surface area contributed by atoms with Crippen molar-refractivity contribution in [1.82, 2.24) is 14.9 Å². The van der Waals surface area contributed by atoms with E-state index in [0.717, 1.165) is 18.3 Å². The zero-order chi connectivity index (χ0) is 22.0. The maximum atomic E-state index is 12.7. The fourth-order valence-corrected chi connectivity index (χ4v) is 3.39. The molecule has 0 N–H and O–H groups in total. The first kappa shape index (κ1) is 20.6. The van der Waals surface area contributed by atoms with Crippen LogP contribution in [0.1, 0.15) is 28.9 Å². The van der Waals surface area contributed by atoms with E-state index in [9.17, 15) is 18.0 Å². The molecule has 0 bridgehead atoms. The van der Waals surface area contributed by atoms with Crippen LogP contribution >= 0.6 is 0 Å². The maximum absolute atomic E-state index is 12.7. The second-order valence-electron chi connectivity index (χ2n) is 7.23. The molecule has 158 valence electrons. The summed E-state index contributed by atoms with van der Waals surface area (Å²) in [7, 11) is 0. The van der Waals surface area contributed by atoms with Crippen molar-refractivity contribution in [2.45, 2.75) is 19.0 Å². The molecular weight excluding hydrogens is 409 g/mol. The third-order valence-electron chi connectivity index (χ3n) is 5.13. The lowest BCUT2D eigenvalue weighted by Gasteiger charge is -2.28. The van der Waals surface area contributed by atoms with Crippen LogP contribution in [-0.4, -0.2) is 33.9 Å². The number of carbonyl (C=O) groups excluding carboxylic acids is 1. The molecule has 0 aliphatic carbocycles. The van der Waals surface area contributed by atoms with E-state index in [1.165, 1.54) is 0 Å². The molecule has 9 heteroatoms. The Balaban J connectivity index is 1.48. The van der Waals surface area contributed by atoms with Gasteiger partial charge in [0.15, 0.2) is 0 Å². The zero-order valence-corrected chi connectivity index (χ0v) is 16.3. The highest BCUT2D eigenvalue weighted by molar-refractivity contribution is 5.95. The summed E-state index contributed by atoms with van der Waals surface area (Å²) in [6, 6.07) is 12.6. The average Bonchev–Trinajstić information content (AvgIpc) is 2.78. The summed E-state index contributed by atoms with van der Waals surface area (Å²) in [5, 5.41) is 9.70. The van der Waals surface area contributed by atoms with E-state index in [1.807, 2.05) is 0 Å². The lowest BCUT2D eigenvalue weighted by atomic mass is 9.98. The standard InChI is InChI=1S/C22H17F3N4O2/c23-22(24,25)16-2-6-20(27-13-16)31-17-3-5-18-15(11-17)1-4-19(28-18)21(30)29-9-7-14(12-26)8-10-29/h1-6,11,13-14H,7-10H2. The van der Waals surface area contributed by atoms with E-state index in [-0.39, 0.29) is 17.7 Å². The van der Waals surface area contributed by atoms with Gasteiger partial charge in [0.25, 0.3) is 5.91 Å². The van der Waals surface area contributed by atoms with Crippen LogP contribution in [0, 0.1) is 17.2 Å². The van der Waals surface area contributed by atoms with E-state index in [1.54, 1.807) is 35.2 Å². The molecule has 2 aromatic heterocycles. The summed E-state index contributed by atoms with van der Waals surface area (Å²) in [5.74, 6) is 0.242. The van der Waals surface area contributed by atoms with Crippen LogP contribution in [0.5, 0.6) is 11.6 Å². The number of hydrogen-bond donors (Lipinski definition) is 0. The van der Waals surface area contributed by atoms with Gasteiger partial charge in [-0.3, -0.25) is 4.79 Å². The van der Waals surface area contributed by atoms with Crippen molar-refractivity contribution in [3.05, 3.63) is 59.9 Å². The molecule has 1 aliphatic rings. The van der Waals surface area contributed by atoms with Gasteiger partial charge in [0.05, 0.1) is 17.1 Å². The van der Waals surface area contributed by atoms with Gasteiger partial charge < -0.3 is 9.64 Å². The van der Waals surface area contributed by atoms with E-state index in [2.05, 4.69) is 16.0 Å². The minimum Gasteiger partial charge on any atom is -0.439 e. The van der Waals surface area contributed by atoms with E-state index in [4.69, 9.17) is 10.00 Å². The van der Waals surface area contributed by atoms with Crippen LogP contribution in [0.3, 0.4) is 0 Å². The highest BCUT2D eigenvalue weighted by Crippen LogP contribution is 2.30. The molecule has 1 aliphatic heterocycles. The van der Waals surface area contributed by atoms with Crippen molar-refractivity contribution >= 4 is 16.8 Å². The number of nitriles is 1. The van der Waals surface area contributed by atoms with Gasteiger partial charge >= 0.3 is 6.18 Å². The lowest BCUT2D eigenvalue weighted by Crippen LogP contribution is -2.38. The number of aromatic nitrogens is 2.